The molecule has 1 aromatic carbocycles. The van der Waals surface area contributed by atoms with Crippen LogP contribution in [0.15, 0.2) is 30.3 Å². The lowest BCUT2D eigenvalue weighted by Crippen LogP contribution is -2.36. The van der Waals surface area contributed by atoms with Crippen molar-refractivity contribution in [1.29, 1.82) is 0 Å². The molecule has 0 radical (unpaired) electrons. The number of phenolic OH excluding ortho intramolecular Hbond substituents is 1. The predicted octanol–water partition coefficient (Wildman–Crippen LogP) is 3.46. The summed E-state index contributed by atoms with van der Waals surface area (Å²) in [6, 6.07) is 9.26. The highest BCUT2D eigenvalue weighted by atomic mass is 32.1. The fourth-order valence-electron chi connectivity index (χ4n) is 2.90. The van der Waals surface area contributed by atoms with Gasteiger partial charge in [-0.05, 0) is 24.6 Å². The first-order chi connectivity index (χ1) is 11.7. The topological polar surface area (TPSA) is 58.5 Å². The molecule has 24 heavy (non-hydrogen) atoms. The van der Waals surface area contributed by atoms with Crippen molar-refractivity contribution < 1.29 is 9.84 Å². The minimum atomic E-state index is 0.226. The fraction of sp³-hybridized carbons (Fsp3) is 0.333. The van der Waals surface area contributed by atoms with Gasteiger partial charge in [0.05, 0.1) is 23.4 Å². The molecule has 0 amide bonds. The maximum atomic E-state index is 9.77. The molecule has 1 aliphatic rings. The van der Waals surface area contributed by atoms with E-state index < -0.39 is 0 Å². The van der Waals surface area contributed by atoms with Crippen LogP contribution >= 0.6 is 11.3 Å². The number of ether oxygens (including phenoxy) is 1. The molecule has 0 unspecified atom stereocenters. The van der Waals surface area contributed by atoms with E-state index in [2.05, 4.69) is 17.9 Å². The monoisotopic (exact) mass is 341 g/mol. The molecule has 0 saturated carbocycles. The maximum Gasteiger partial charge on any atom is 0.162 e. The number of aryl methyl sites for hydroxylation is 1. The summed E-state index contributed by atoms with van der Waals surface area (Å²) in [5, 5.41) is 9.77. The van der Waals surface area contributed by atoms with Crippen molar-refractivity contribution in [1.82, 2.24) is 9.97 Å². The van der Waals surface area contributed by atoms with Crippen LogP contribution in [0, 0.1) is 0 Å². The van der Waals surface area contributed by atoms with Gasteiger partial charge in [-0.1, -0.05) is 19.1 Å². The van der Waals surface area contributed by atoms with E-state index in [0.717, 1.165) is 54.3 Å². The molecule has 1 fully saturated rings. The number of morpholine rings is 1. The molecule has 124 valence electrons. The summed E-state index contributed by atoms with van der Waals surface area (Å²) in [6.07, 6.45) is 0.991. The summed E-state index contributed by atoms with van der Waals surface area (Å²) < 4.78 is 6.61. The van der Waals surface area contributed by atoms with Crippen molar-refractivity contribution in [2.45, 2.75) is 13.3 Å². The van der Waals surface area contributed by atoms with Crippen LogP contribution in [0.25, 0.3) is 21.6 Å². The van der Waals surface area contributed by atoms with E-state index in [1.54, 1.807) is 23.5 Å². The van der Waals surface area contributed by atoms with Crippen LogP contribution in [0.5, 0.6) is 5.75 Å². The summed E-state index contributed by atoms with van der Waals surface area (Å²) in [5.41, 5.74) is 1.81. The molecule has 2 aromatic heterocycles. The van der Waals surface area contributed by atoms with Gasteiger partial charge in [0.1, 0.15) is 5.75 Å². The lowest BCUT2D eigenvalue weighted by Gasteiger charge is -2.28. The number of nitrogens with zero attached hydrogens (tertiary/aromatic N) is 3. The largest absolute Gasteiger partial charge is 0.508 e. The Hall–Kier alpha value is -2.18. The first-order valence-electron chi connectivity index (χ1n) is 8.17. The Bertz CT molecular complexity index is 872. The maximum absolute atomic E-state index is 9.77. The molecule has 0 bridgehead atoms. The van der Waals surface area contributed by atoms with Gasteiger partial charge in [0.25, 0.3) is 0 Å². The highest BCUT2D eigenvalue weighted by molar-refractivity contribution is 7.19. The Balaban J connectivity index is 1.88. The van der Waals surface area contributed by atoms with Gasteiger partial charge in [0.2, 0.25) is 0 Å². The van der Waals surface area contributed by atoms with E-state index in [1.807, 2.05) is 12.1 Å². The number of anilines is 1. The average Bonchev–Trinajstić information content (AvgIpc) is 3.05. The van der Waals surface area contributed by atoms with E-state index in [0.29, 0.717) is 5.82 Å². The lowest BCUT2D eigenvalue weighted by molar-refractivity contribution is 0.122. The molecule has 6 heteroatoms. The number of hydrogen-bond acceptors (Lipinski definition) is 6. The number of benzene rings is 1. The van der Waals surface area contributed by atoms with E-state index in [-0.39, 0.29) is 5.75 Å². The first kappa shape index (κ1) is 15.4. The van der Waals surface area contributed by atoms with Gasteiger partial charge >= 0.3 is 0 Å². The molecule has 0 spiro atoms. The molecular formula is C18H19N3O2S. The van der Waals surface area contributed by atoms with Crippen molar-refractivity contribution >= 4 is 27.4 Å². The van der Waals surface area contributed by atoms with Crippen molar-refractivity contribution in [3.8, 4) is 17.1 Å². The second-order valence-corrected chi connectivity index (χ2v) is 6.94. The van der Waals surface area contributed by atoms with Crippen LogP contribution in [0.1, 0.15) is 11.8 Å². The molecule has 5 nitrogen and oxygen atoms in total. The Kier molecular flexibility index (Phi) is 4.08. The smallest absolute Gasteiger partial charge is 0.162 e. The molecule has 3 aromatic rings. The second-order valence-electron chi connectivity index (χ2n) is 5.80. The summed E-state index contributed by atoms with van der Waals surface area (Å²) in [5.74, 6) is 1.86. The molecule has 4 rings (SSSR count). The van der Waals surface area contributed by atoms with Gasteiger partial charge in [0, 0.05) is 23.5 Å². The van der Waals surface area contributed by atoms with Crippen molar-refractivity contribution in [2.75, 3.05) is 31.2 Å². The van der Waals surface area contributed by atoms with Crippen LogP contribution in [-0.4, -0.2) is 41.4 Å². The van der Waals surface area contributed by atoms with E-state index in [1.165, 1.54) is 4.88 Å². The highest BCUT2D eigenvalue weighted by Gasteiger charge is 2.20. The number of aromatic nitrogens is 2. The molecule has 1 N–H and O–H groups in total. The van der Waals surface area contributed by atoms with E-state index >= 15 is 0 Å². The van der Waals surface area contributed by atoms with Crippen molar-refractivity contribution in [2.24, 2.45) is 0 Å². The van der Waals surface area contributed by atoms with Crippen LogP contribution in [-0.2, 0) is 11.2 Å². The molecule has 1 aliphatic heterocycles. The third-order valence-electron chi connectivity index (χ3n) is 4.17. The van der Waals surface area contributed by atoms with Gasteiger partial charge in [-0.2, -0.15) is 0 Å². The fourth-order valence-corrected chi connectivity index (χ4v) is 3.95. The van der Waals surface area contributed by atoms with Crippen LogP contribution < -0.4 is 4.90 Å². The zero-order valence-corrected chi connectivity index (χ0v) is 14.3. The van der Waals surface area contributed by atoms with Gasteiger partial charge in [0.15, 0.2) is 11.6 Å². The molecule has 0 aliphatic carbocycles. The average molecular weight is 341 g/mol. The number of fused-ring (bicyclic) bond motifs is 1. The van der Waals surface area contributed by atoms with Crippen molar-refractivity contribution in [3.05, 3.63) is 35.2 Å². The molecule has 1 saturated heterocycles. The predicted molar refractivity (Wildman–Crippen MR) is 96.9 cm³/mol. The van der Waals surface area contributed by atoms with Gasteiger partial charge in [-0.3, -0.25) is 0 Å². The number of aromatic hydroxyl groups is 1. The highest BCUT2D eigenvalue weighted by Crippen LogP contribution is 2.35. The zero-order valence-electron chi connectivity index (χ0n) is 13.5. The molecule has 3 heterocycles. The van der Waals surface area contributed by atoms with Gasteiger partial charge in [-0.15, -0.1) is 11.3 Å². The van der Waals surface area contributed by atoms with Gasteiger partial charge < -0.3 is 14.7 Å². The molecule has 0 atom stereocenters. The van der Waals surface area contributed by atoms with E-state index in [9.17, 15) is 5.11 Å². The second kappa shape index (κ2) is 6.37. The Labute approximate surface area is 144 Å². The number of hydrogen-bond donors (Lipinski definition) is 1. The standard InChI is InChI=1S/C18H19N3O2S/c1-2-14-11-15-16(24-14)18(21-6-8-23-9-7-21)20-17(19-15)12-4-3-5-13(22)10-12/h3-5,10-11,22H,2,6-9H2,1H3. The Morgan fingerprint density at radius 3 is 2.79 bits per heavy atom. The summed E-state index contributed by atoms with van der Waals surface area (Å²) in [4.78, 5) is 13.2. The minimum absolute atomic E-state index is 0.226. The van der Waals surface area contributed by atoms with Crippen LogP contribution in [0.2, 0.25) is 0 Å². The summed E-state index contributed by atoms with van der Waals surface area (Å²) in [6.45, 7) is 5.27. The van der Waals surface area contributed by atoms with Crippen LogP contribution in [0.4, 0.5) is 5.82 Å². The van der Waals surface area contributed by atoms with E-state index in [4.69, 9.17) is 14.7 Å². The lowest BCUT2D eigenvalue weighted by atomic mass is 10.2. The van der Waals surface area contributed by atoms with Gasteiger partial charge in [-0.25, -0.2) is 9.97 Å². The zero-order chi connectivity index (χ0) is 16.5. The minimum Gasteiger partial charge on any atom is -0.508 e. The number of thiophene rings is 1. The number of phenols is 1. The first-order valence-corrected chi connectivity index (χ1v) is 8.99. The van der Waals surface area contributed by atoms with Crippen molar-refractivity contribution in [3.63, 3.8) is 0 Å². The third kappa shape index (κ3) is 2.83. The third-order valence-corrected chi connectivity index (χ3v) is 5.43. The molecular weight excluding hydrogens is 322 g/mol. The van der Waals surface area contributed by atoms with Crippen LogP contribution in [0.3, 0.4) is 0 Å². The Morgan fingerprint density at radius 1 is 1.21 bits per heavy atom. The SMILES string of the molecule is CCc1cc2nc(-c3cccc(O)c3)nc(N3CCOCC3)c2s1. The summed E-state index contributed by atoms with van der Waals surface area (Å²) >= 11 is 1.77. The summed E-state index contributed by atoms with van der Waals surface area (Å²) in [7, 11) is 0. The normalized spacial score (nSPS) is 15.1. The Morgan fingerprint density at radius 2 is 2.04 bits per heavy atom. The quantitative estimate of drug-likeness (QED) is 0.790. The number of rotatable bonds is 3.